The first-order chi connectivity index (χ1) is 16.7. The number of pyridine rings is 1. The predicted molar refractivity (Wildman–Crippen MR) is 123 cm³/mol. The molecule has 10 heteroatoms. The molecule has 34 heavy (non-hydrogen) atoms. The lowest BCUT2D eigenvalue weighted by molar-refractivity contribution is 0.0659. The van der Waals surface area contributed by atoms with E-state index in [0.29, 0.717) is 60.9 Å². The van der Waals surface area contributed by atoms with E-state index in [1.54, 1.807) is 10.7 Å². The number of aliphatic hydroxyl groups excluding tert-OH is 1. The zero-order valence-corrected chi connectivity index (χ0v) is 18.4. The lowest BCUT2D eigenvalue weighted by Crippen LogP contribution is -2.41. The highest BCUT2D eigenvalue weighted by atomic mass is 16.7. The van der Waals surface area contributed by atoms with E-state index in [1.807, 2.05) is 42.5 Å². The van der Waals surface area contributed by atoms with Crippen molar-refractivity contribution in [3.05, 3.63) is 75.8 Å². The number of aromatic nitrogens is 5. The Bertz CT molecular complexity index is 1380. The van der Waals surface area contributed by atoms with Crippen LogP contribution < -0.4 is 15.0 Å². The fourth-order valence-electron chi connectivity index (χ4n) is 4.74. The second-order valence-electron chi connectivity index (χ2n) is 8.70. The molecule has 4 aromatic rings. The molecule has 0 amide bonds. The van der Waals surface area contributed by atoms with Crippen LogP contribution in [0, 0.1) is 0 Å². The summed E-state index contributed by atoms with van der Waals surface area (Å²) in [5.74, 6) is 1.85. The van der Waals surface area contributed by atoms with E-state index in [-0.39, 0.29) is 18.5 Å². The summed E-state index contributed by atoms with van der Waals surface area (Å²) >= 11 is 0. The van der Waals surface area contributed by atoms with Crippen molar-refractivity contribution in [2.45, 2.75) is 31.5 Å². The second kappa shape index (κ2) is 8.54. The highest BCUT2D eigenvalue weighted by Crippen LogP contribution is 2.36. The minimum atomic E-state index is -0.468. The Morgan fingerprint density at radius 2 is 1.85 bits per heavy atom. The number of nitrogens with zero attached hydrogens (tertiary/aromatic N) is 5. The molecule has 10 nitrogen and oxygen atoms in total. The Morgan fingerprint density at radius 1 is 1.09 bits per heavy atom. The monoisotopic (exact) mass is 460 g/mol. The van der Waals surface area contributed by atoms with Crippen molar-refractivity contribution in [2.75, 3.05) is 19.9 Å². The molecule has 0 saturated carbocycles. The summed E-state index contributed by atoms with van der Waals surface area (Å²) in [4.78, 5) is 18.5. The first kappa shape index (κ1) is 20.8. The van der Waals surface area contributed by atoms with Crippen LogP contribution in [0.2, 0.25) is 0 Å². The number of fused-ring (bicyclic) bond motifs is 2. The lowest BCUT2D eigenvalue weighted by Gasteiger charge is -2.35. The van der Waals surface area contributed by atoms with Crippen LogP contribution in [0.25, 0.3) is 10.9 Å². The van der Waals surface area contributed by atoms with Gasteiger partial charge in [0, 0.05) is 30.1 Å². The molecule has 1 fully saturated rings. The van der Waals surface area contributed by atoms with Crippen LogP contribution in [0.15, 0.2) is 53.3 Å². The Morgan fingerprint density at radius 3 is 2.65 bits per heavy atom. The van der Waals surface area contributed by atoms with E-state index in [2.05, 4.69) is 25.4 Å². The summed E-state index contributed by atoms with van der Waals surface area (Å²) in [6.45, 7) is 1.90. The molecular formula is C24H24N6O4. The summed E-state index contributed by atoms with van der Waals surface area (Å²) in [6.07, 6.45) is 0.911. The molecule has 2 aliphatic heterocycles. The number of piperidine rings is 1. The van der Waals surface area contributed by atoms with Crippen molar-refractivity contribution < 1.29 is 14.6 Å². The molecule has 2 aromatic carbocycles. The SMILES string of the molecule is O=c1[nH]c2cc3c(cc2cc1[C@H](c1nnnn1Cc1ccccc1)N1CCC(O)CC1)OCO3. The van der Waals surface area contributed by atoms with Gasteiger partial charge in [0.1, 0.15) is 6.04 Å². The van der Waals surface area contributed by atoms with Crippen LogP contribution in [0.3, 0.4) is 0 Å². The number of nitrogens with one attached hydrogen (secondary N) is 1. The van der Waals surface area contributed by atoms with E-state index in [0.717, 1.165) is 10.9 Å². The van der Waals surface area contributed by atoms with Gasteiger partial charge < -0.3 is 19.6 Å². The summed E-state index contributed by atoms with van der Waals surface area (Å²) in [5.41, 5.74) is 2.07. The van der Waals surface area contributed by atoms with Crippen molar-refractivity contribution in [1.82, 2.24) is 30.1 Å². The number of likely N-dealkylation sites (tertiary alicyclic amines) is 1. The third kappa shape index (κ3) is 3.80. The number of rotatable bonds is 5. The molecule has 2 aromatic heterocycles. The third-order valence-electron chi connectivity index (χ3n) is 6.50. The molecule has 0 bridgehead atoms. The predicted octanol–water partition coefficient (Wildman–Crippen LogP) is 1.84. The summed E-state index contributed by atoms with van der Waals surface area (Å²) < 4.78 is 12.7. The highest BCUT2D eigenvalue weighted by molar-refractivity contribution is 5.83. The Hall–Kier alpha value is -3.76. The number of aliphatic hydroxyl groups is 1. The van der Waals surface area contributed by atoms with Crippen molar-refractivity contribution in [3.63, 3.8) is 0 Å². The fraction of sp³-hybridized carbons (Fsp3) is 0.333. The molecule has 4 heterocycles. The van der Waals surface area contributed by atoms with Gasteiger partial charge in [0.25, 0.3) is 5.56 Å². The first-order valence-corrected chi connectivity index (χ1v) is 11.3. The Labute approximate surface area is 194 Å². The van der Waals surface area contributed by atoms with Crippen molar-refractivity contribution in [3.8, 4) is 11.5 Å². The topological polar surface area (TPSA) is 118 Å². The molecule has 174 valence electrons. The molecule has 2 N–H and O–H groups in total. The Kier molecular flexibility index (Phi) is 5.23. The first-order valence-electron chi connectivity index (χ1n) is 11.3. The van der Waals surface area contributed by atoms with Gasteiger partial charge in [-0.05, 0) is 41.0 Å². The summed E-state index contributed by atoms with van der Waals surface area (Å²) in [6, 6.07) is 15.0. The molecule has 1 atom stereocenters. The van der Waals surface area contributed by atoms with E-state index < -0.39 is 6.04 Å². The molecule has 0 aliphatic carbocycles. The number of hydrogen-bond donors (Lipinski definition) is 2. The standard InChI is InChI=1S/C24H24N6O4/c31-17-6-8-29(9-7-17)22(23-26-27-28-30(23)13-15-4-2-1-3-5-15)18-10-16-11-20-21(34-14-33-20)12-19(16)25-24(18)32/h1-5,10-12,17,22,31H,6-9,13-14H2,(H,25,32)/t22-/m1/s1. The molecule has 2 aliphatic rings. The number of benzene rings is 2. The molecule has 1 saturated heterocycles. The van der Waals surface area contributed by atoms with Crippen molar-refractivity contribution >= 4 is 10.9 Å². The molecule has 0 spiro atoms. The van der Waals surface area contributed by atoms with Crippen LogP contribution in [0.1, 0.15) is 35.8 Å². The smallest absolute Gasteiger partial charge is 0.253 e. The zero-order chi connectivity index (χ0) is 23.1. The maximum Gasteiger partial charge on any atom is 0.253 e. The number of hydrogen-bond acceptors (Lipinski definition) is 8. The van der Waals surface area contributed by atoms with E-state index in [4.69, 9.17) is 9.47 Å². The molecule has 6 rings (SSSR count). The van der Waals surface area contributed by atoms with Gasteiger partial charge in [-0.25, -0.2) is 4.68 Å². The number of tetrazole rings is 1. The minimum absolute atomic E-state index is 0.162. The quantitative estimate of drug-likeness (QED) is 0.463. The average molecular weight is 460 g/mol. The van der Waals surface area contributed by atoms with Gasteiger partial charge in [-0.2, -0.15) is 0 Å². The number of H-pyrrole nitrogens is 1. The molecule has 0 radical (unpaired) electrons. The van der Waals surface area contributed by atoms with E-state index >= 15 is 0 Å². The molecule has 0 unspecified atom stereocenters. The fourth-order valence-corrected chi connectivity index (χ4v) is 4.74. The van der Waals surface area contributed by atoms with Gasteiger partial charge in [-0.3, -0.25) is 9.69 Å². The van der Waals surface area contributed by atoms with Crippen LogP contribution in [0.5, 0.6) is 11.5 Å². The van der Waals surface area contributed by atoms with Gasteiger partial charge in [-0.15, -0.1) is 5.10 Å². The van der Waals surface area contributed by atoms with Crippen molar-refractivity contribution in [2.24, 2.45) is 0 Å². The van der Waals surface area contributed by atoms with Crippen LogP contribution in [-0.4, -0.2) is 61.2 Å². The van der Waals surface area contributed by atoms with E-state index in [9.17, 15) is 9.90 Å². The van der Waals surface area contributed by atoms with Gasteiger partial charge in [0.15, 0.2) is 17.3 Å². The van der Waals surface area contributed by atoms with E-state index in [1.165, 1.54) is 0 Å². The lowest BCUT2D eigenvalue weighted by atomic mass is 9.99. The largest absolute Gasteiger partial charge is 0.454 e. The summed E-state index contributed by atoms with van der Waals surface area (Å²) in [7, 11) is 0. The second-order valence-corrected chi connectivity index (χ2v) is 8.70. The maximum absolute atomic E-state index is 13.4. The van der Waals surface area contributed by atoms with Crippen molar-refractivity contribution in [1.29, 1.82) is 0 Å². The van der Waals surface area contributed by atoms with Crippen LogP contribution in [-0.2, 0) is 6.54 Å². The Balaban J connectivity index is 1.46. The third-order valence-corrected chi connectivity index (χ3v) is 6.50. The van der Waals surface area contributed by atoms with Gasteiger partial charge in [0.05, 0.1) is 18.2 Å². The number of aromatic amines is 1. The highest BCUT2D eigenvalue weighted by Gasteiger charge is 2.33. The number of ether oxygens (including phenoxy) is 2. The normalized spacial score (nSPS) is 17.3. The summed E-state index contributed by atoms with van der Waals surface area (Å²) in [5, 5.41) is 23.5. The van der Waals surface area contributed by atoms with Crippen LogP contribution in [0.4, 0.5) is 0 Å². The van der Waals surface area contributed by atoms with Crippen LogP contribution >= 0.6 is 0 Å². The minimum Gasteiger partial charge on any atom is -0.454 e. The van der Waals surface area contributed by atoms with Gasteiger partial charge in [-0.1, -0.05) is 30.3 Å². The van der Waals surface area contributed by atoms with Gasteiger partial charge >= 0.3 is 0 Å². The van der Waals surface area contributed by atoms with Gasteiger partial charge in [0.2, 0.25) is 6.79 Å². The average Bonchev–Trinajstić information content (AvgIpc) is 3.49. The maximum atomic E-state index is 13.4. The zero-order valence-electron chi connectivity index (χ0n) is 18.4. The molecular weight excluding hydrogens is 436 g/mol.